The summed E-state index contributed by atoms with van der Waals surface area (Å²) >= 11 is 0. The monoisotopic (exact) mass is 322 g/mol. The van der Waals surface area contributed by atoms with Crippen LogP contribution in [0.4, 0.5) is 0 Å². The molecule has 3 nitrogen and oxygen atoms in total. The Bertz CT molecular complexity index is 683. The third-order valence-electron chi connectivity index (χ3n) is 4.84. The summed E-state index contributed by atoms with van der Waals surface area (Å²) in [6, 6.07) is 20.5. The molecule has 0 saturated heterocycles. The molecule has 0 radical (unpaired) electrons. The molecule has 0 spiro atoms. The fourth-order valence-electron chi connectivity index (χ4n) is 3.33. The van der Waals surface area contributed by atoms with Crippen LogP contribution in [0.1, 0.15) is 17.5 Å². The van der Waals surface area contributed by atoms with E-state index in [0.717, 1.165) is 6.42 Å². The van der Waals surface area contributed by atoms with Crippen LogP contribution < -0.4 is 0 Å². The highest BCUT2D eigenvalue weighted by Gasteiger charge is 2.62. The van der Waals surface area contributed by atoms with Gasteiger partial charge in [0, 0.05) is 5.92 Å². The number of fused-ring (bicyclic) bond motifs is 1. The zero-order chi connectivity index (χ0) is 16.2. The maximum atomic E-state index is 6.29. The Hall–Kier alpha value is -2.10. The van der Waals surface area contributed by atoms with Crippen LogP contribution in [0.5, 0.6) is 0 Å². The third kappa shape index (κ3) is 3.23. The van der Waals surface area contributed by atoms with Gasteiger partial charge in [0.2, 0.25) is 0 Å². The predicted octanol–water partition coefficient (Wildman–Crippen LogP) is 4.09. The van der Waals surface area contributed by atoms with Crippen LogP contribution in [-0.4, -0.2) is 18.3 Å². The molecule has 0 N–H and O–H groups in total. The number of hydrogen-bond acceptors (Lipinski definition) is 3. The molecule has 2 aliphatic rings. The van der Waals surface area contributed by atoms with Gasteiger partial charge in [-0.15, -0.1) is 0 Å². The molecular weight excluding hydrogens is 300 g/mol. The Morgan fingerprint density at radius 1 is 0.917 bits per heavy atom. The second kappa shape index (κ2) is 6.80. The van der Waals surface area contributed by atoms with E-state index in [1.807, 2.05) is 36.4 Å². The van der Waals surface area contributed by atoms with Crippen molar-refractivity contribution in [2.45, 2.75) is 31.3 Å². The maximum Gasteiger partial charge on any atom is 0.150 e. The van der Waals surface area contributed by atoms with Gasteiger partial charge in [-0.1, -0.05) is 60.7 Å². The molecule has 3 heteroatoms. The van der Waals surface area contributed by atoms with E-state index in [4.69, 9.17) is 14.2 Å². The van der Waals surface area contributed by atoms with Gasteiger partial charge in [-0.05, 0) is 23.6 Å². The molecule has 3 atom stereocenters. The van der Waals surface area contributed by atoms with Crippen molar-refractivity contribution >= 4 is 0 Å². The smallest absolute Gasteiger partial charge is 0.150 e. The predicted molar refractivity (Wildman–Crippen MR) is 92.2 cm³/mol. The minimum Gasteiger partial charge on any atom is -0.493 e. The van der Waals surface area contributed by atoms with Gasteiger partial charge in [0.15, 0.2) is 6.10 Å². The SMILES string of the molecule is C1=CC2CC2(OCc2ccccc2)C(COCc2ccccc2)O1. The highest BCUT2D eigenvalue weighted by Crippen LogP contribution is 2.54. The lowest BCUT2D eigenvalue weighted by Crippen LogP contribution is -2.39. The summed E-state index contributed by atoms with van der Waals surface area (Å²) in [4.78, 5) is 0. The molecule has 4 rings (SSSR count). The van der Waals surface area contributed by atoms with Gasteiger partial charge in [-0.25, -0.2) is 0 Å². The van der Waals surface area contributed by atoms with Crippen LogP contribution in [0, 0.1) is 5.92 Å². The molecule has 3 unspecified atom stereocenters. The van der Waals surface area contributed by atoms with E-state index in [-0.39, 0.29) is 11.7 Å². The lowest BCUT2D eigenvalue weighted by Gasteiger charge is -2.30. The van der Waals surface area contributed by atoms with Gasteiger partial charge < -0.3 is 14.2 Å². The number of ether oxygens (including phenoxy) is 3. The van der Waals surface area contributed by atoms with Crippen molar-refractivity contribution in [2.24, 2.45) is 5.92 Å². The highest BCUT2D eigenvalue weighted by molar-refractivity contribution is 5.22. The van der Waals surface area contributed by atoms with E-state index in [9.17, 15) is 0 Å². The fraction of sp³-hybridized carbons (Fsp3) is 0.333. The molecular formula is C21H22O3. The first-order valence-electron chi connectivity index (χ1n) is 8.48. The van der Waals surface area contributed by atoms with Crippen molar-refractivity contribution in [1.82, 2.24) is 0 Å². The number of rotatable bonds is 7. The van der Waals surface area contributed by atoms with Crippen LogP contribution >= 0.6 is 0 Å². The molecule has 1 heterocycles. The molecule has 124 valence electrons. The second-order valence-corrected chi connectivity index (χ2v) is 6.49. The zero-order valence-corrected chi connectivity index (χ0v) is 13.6. The van der Waals surface area contributed by atoms with Crippen molar-refractivity contribution in [1.29, 1.82) is 0 Å². The van der Waals surface area contributed by atoms with Crippen LogP contribution in [0.25, 0.3) is 0 Å². The van der Waals surface area contributed by atoms with Crippen LogP contribution in [0.2, 0.25) is 0 Å². The fourth-order valence-corrected chi connectivity index (χ4v) is 3.33. The minimum atomic E-state index is -0.221. The Balaban J connectivity index is 1.34. The Kier molecular flexibility index (Phi) is 4.37. The number of hydrogen-bond donors (Lipinski definition) is 0. The van der Waals surface area contributed by atoms with Gasteiger partial charge in [0.05, 0.1) is 26.1 Å². The first-order valence-corrected chi connectivity index (χ1v) is 8.48. The van der Waals surface area contributed by atoms with Gasteiger partial charge in [0.25, 0.3) is 0 Å². The van der Waals surface area contributed by atoms with Crippen molar-refractivity contribution < 1.29 is 14.2 Å². The van der Waals surface area contributed by atoms with Crippen molar-refractivity contribution in [3.05, 3.63) is 84.1 Å². The first kappa shape index (κ1) is 15.4. The van der Waals surface area contributed by atoms with E-state index in [2.05, 4.69) is 30.3 Å². The van der Waals surface area contributed by atoms with Crippen LogP contribution in [0.3, 0.4) is 0 Å². The zero-order valence-electron chi connectivity index (χ0n) is 13.6. The quantitative estimate of drug-likeness (QED) is 0.768. The van der Waals surface area contributed by atoms with E-state index < -0.39 is 0 Å². The molecule has 0 amide bonds. The average Bonchev–Trinajstić information content (AvgIpc) is 3.38. The van der Waals surface area contributed by atoms with E-state index in [1.54, 1.807) is 6.26 Å². The van der Waals surface area contributed by atoms with E-state index >= 15 is 0 Å². The standard InChI is InChI=1S/C21H22O3/c1-3-7-17(8-4-1)14-22-16-20-21(13-19(21)11-12-23-20)24-15-18-9-5-2-6-10-18/h1-12,19-20H,13-16H2. The van der Waals surface area contributed by atoms with Crippen molar-refractivity contribution in [3.63, 3.8) is 0 Å². The second-order valence-electron chi connectivity index (χ2n) is 6.49. The molecule has 1 fully saturated rings. The Morgan fingerprint density at radius 2 is 1.58 bits per heavy atom. The highest BCUT2D eigenvalue weighted by atomic mass is 16.6. The largest absolute Gasteiger partial charge is 0.493 e. The molecule has 0 bridgehead atoms. The topological polar surface area (TPSA) is 27.7 Å². The van der Waals surface area contributed by atoms with Gasteiger partial charge in [0.1, 0.15) is 5.60 Å². The summed E-state index contributed by atoms with van der Waals surface area (Å²) in [5, 5.41) is 0. The first-order chi connectivity index (χ1) is 11.9. The third-order valence-corrected chi connectivity index (χ3v) is 4.84. The summed E-state index contributed by atoms with van der Waals surface area (Å²) in [6.07, 6.45) is 4.88. The number of benzene rings is 2. The molecule has 24 heavy (non-hydrogen) atoms. The molecule has 1 aliphatic heterocycles. The normalized spacial score (nSPS) is 27.3. The Morgan fingerprint density at radius 3 is 2.29 bits per heavy atom. The summed E-state index contributed by atoms with van der Waals surface area (Å²) in [7, 11) is 0. The van der Waals surface area contributed by atoms with Crippen molar-refractivity contribution in [3.8, 4) is 0 Å². The average molecular weight is 322 g/mol. The molecule has 2 aromatic rings. The van der Waals surface area contributed by atoms with Crippen molar-refractivity contribution in [2.75, 3.05) is 6.61 Å². The minimum absolute atomic E-state index is 0.0417. The molecule has 2 aromatic carbocycles. The van der Waals surface area contributed by atoms with Gasteiger partial charge in [-0.2, -0.15) is 0 Å². The van der Waals surface area contributed by atoms with Gasteiger partial charge in [-0.3, -0.25) is 0 Å². The summed E-state index contributed by atoms with van der Waals surface area (Å²) in [5.41, 5.74) is 2.15. The summed E-state index contributed by atoms with van der Waals surface area (Å²) in [5.74, 6) is 0.445. The summed E-state index contributed by atoms with van der Waals surface area (Å²) < 4.78 is 18.0. The lowest BCUT2D eigenvalue weighted by atomic mass is 10.1. The van der Waals surface area contributed by atoms with Gasteiger partial charge >= 0.3 is 0 Å². The van der Waals surface area contributed by atoms with Crippen LogP contribution in [-0.2, 0) is 27.4 Å². The van der Waals surface area contributed by atoms with E-state index in [0.29, 0.717) is 25.7 Å². The molecule has 0 aromatic heterocycles. The summed E-state index contributed by atoms with van der Waals surface area (Å²) in [6.45, 7) is 1.76. The van der Waals surface area contributed by atoms with Crippen LogP contribution in [0.15, 0.2) is 73.0 Å². The lowest BCUT2D eigenvalue weighted by molar-refractivity contribution is -0.112. The maximum absolute atomic E-state index is 6.29. The Labute approximate surface area is 142 Å². The molecule has 1 aliphatic carbocycles. The molecule has 1 saturated carbocycles. The van der Waals surface area contributed by atoms with E-state index in [1.165, 1.54) is 11.1 Å².